The van der Waals surface area contributed by atoms with E-state index in [4.69, 9.17) is 20.7 Å². The van der Waals surface area contributed by atoms with Crippen LogP contribution in [0.2, 0.25) is 0 Å². The van der Waals surface area contributed by atoms with Gasteiger partial charge in [-0.1, -0.05) is 0 Å². The molecule has 1 rings (SSSR count). The first kappa shape index (κ1) is 16.3. The minimum atomic E-state index is -0.545. The Hall–Kier alpha value is -0.140. The first-order valence-electron chi connectivity index (χ1n) is 3.04. The van der Waals surface area contributed by atoms with E-state index in [0.717, 1.165) is 4.57 Å². The molecular formula is C7H7N3Na2O2. The van der Waals surface area contributed by atoms with Gasteiger partial charge in [-0.25, -0.2) is 0 Å². The SMILES string of the molecule is Cn1c(C#N)c(O)c(O)c1C#N.[NaH].[NaH]. The Morgan fingerprint density at radius 2 is 1.29 bits per heavy atom. The monoisotopic (exact) mass is 211 g/mol. The molecule has 5 nitrogen and oxygen atoms in total. The molecule has 0 unspecified atom stereocenters. The average Bonchev–Trinajstić information content (AvgIpc) is 2.25. The maximum absolute atomic E-state index is 9.09. The topological polar surface area (TPSA) is 93.0 Å². The van der Waals surface area contributed by atoms with E-state index in [1.807, 2.05) is 0 Å². The van der Waals surface area contributed by atoms with Crippen LogP contribution in [0.15, 0.2) is 0 Å². The van der Waals surface area contributed by atoms with Crippen LogP contribution in [0, 0.1) is 22.7 Å². The molecule has 2 N–H and O–H groups in total. The van der Waals surface area contributed by atoms with Crippen molar-refractivity contribution >= 4 is 59.1 Å². The molecule has 1 heterocycles. The van der Waals surface area contributed by atoms with E-state index in [1.165, 1.54) is 7.05 Å². The molecule has 0 fully saturated rings. The summed E-state index contributed by atoms with van der Waals surface area (Å²) in [7, 11) is 1.41. The fourth-order valence-electron chi connectivity index (χ4n) is 0.910. The summed E-state index contributed by atoms with van der Waals surface area (Å²) in [5.41, 5.74) is -0.242. The molecule has 0 aliphatic rings. The summed E-state index contributed by atoms with van der Waals surface area (Å²) < 4.78 is 1.13. The Balaban J connectivity index is 0. The van der Waals surface area contributed by atoms with Crippen LogP contribution in [0.3, 0.4) is 0 Å². The van der Waals surface area contributed by atoms with E-state index in [9.17, 15) is 0 Å². The Kier molecular flexibility index (Phi) is 7.41. The predicted octanol–water partition coefficient (Wildman–Crippen LogP) is -1.12. The van der Waals surface area contributed by atoms with Crippen LogP contribution in [0.4, 0.5) is 0 Å². The van der Waals surface area contributed by atoms with E-state index in [2.05, 4.69) is 0 Å². The second-order valence-corrected chi connectivity index (χ2v) is 2.18. The third-order valence-electron chi connectivity index (χ3n) is 1.56. The van der Waals surface area contributed by atoms with E-state index in [-0.39, 0.29) is 70.5 Å². The van der Waals surface area contributed by atoms with E-state index >= 15 is 0 Å². The van der Waals surface area contributed by atoms with Crippen molar-refractivity contribution in [3.05, 3.63) is 11.4 Å². The molecule has 0 amide bonds. The normalized spacial score (nSPS) is 7.64. The summed E-state index contributed by atoms with van der Waals surface area (Å²) >= 11 is 0. The van der Waals surface area contributed by atoms with Crippen molar-refractivity contribution in [1.29, 1.82) is 10.5 Å². The molecule has 0 aliphatic heterocycles. The molecule has 0 atom stereocenters. The molecule has 0 saturated carbocycles. The molecule has 0 aliphatic carbocycles. The zero-order chi connectivity index (χ0) is 9.30. The van der Waals surface area contributed by atoms with E-state index < -0.39 is 11.5 Å². The van der Waals surface area contributed by atoms with Crippen molar-refractivity contribution in [2.45, 2.75) is 0 Å². The number of hydrogen-bond donors (Lipinski definition) is 2. The molecular weight excluding hydrogens is 204 g/mol. The van der Waals surface area contributed by atoms with E-state index in [0.29, 0.717) is 0 Å². The first-order valence-corrected chi connectivity index (χ1v) is 3.04. The first-order chi connectivity index (χ1) is 5.63. The fraction of sp³-hybridized carbons (Fsp3) is 0.143. The van der Waals surface area contributed by atoms with Crippen LogP contribution in [0.25, 0.3) is 0 Å². The van der Waals surface area contributed by atoms with Crippen LogP contribution in [-0.4, -0.2) is 73.9 Å². The zero-order valence-electron chi connectivity index (χ0n) is 6.24. The summed E-state index contributed by atoms with van der Waals surface area (Å²) in [6.07, 6.45) is 0. The third kappa shape index (κ3) is 2.46. The van der Waals surface area contributed by atoms with Crippen molar-refractivity contribution in [2.75, 3.05) is 0 Å². The van der Waals surface area contributed by atoms with Gasteiger partial charge in [0.2, 0.25) is 0 Å². The minimum absolute atomic E-state index is 0. The summed E-state index contributed by atoms with van der Waals surface area (Å²) in [5, 5.41) is 35.1. The van der Waals surface area contributed by atoms with E-state index in [1.54, 1.807) is 12.1 Å². The van der Waals surface area contributed by atoms with Crippen LogP contribution < -0.4 is 0 Å². The molecule has 0 spiro atoms. The number of aromatic nitrogens is 1. The van der Waals surface area contributed by atoms with Gasteiger partial charge in [0.05, 0.1) is 0 Å². The van der Waals surface area contributed by atoms with Crippen LogP contribution in [0.5, 0.6) is 11.5 Å². The maximum atomic E-state index is 9.09. The second-order valence-electron chi connectivity index (χ2n) is 2.18. The molecule has 7 heteroatoms. The number of nitriles is 2. The zero-order valence-corrected chi connectivity index (χ0v) is 6.24. The molecule has 64 valence electrons. The number of hydrogen-bond acceptors (Lipinski definition) is 4. The standard InChI is InChI=1S/C7H5N3O2.2Na.2H/c1-10-4(2-8)6(11)7(12)5(10)3-9;;;;/h11-12H,1H3;;;;. The molecule has 0 radical (unpaired) electrons. The van der Waals surface area contributed by atoms with Gasteiger partial charge in [0, 0.05) is 7.05 Å². The van der Waals surface area contributed by atoms with Gasteiger partial charge in [0.15, 0.2) is 22.9 Å². The summed E-state index contributed by atoms with van der Waals surface area (Å²) in [5.74, 6) is -1.09. The van der Waals surface area contributed by atoms with Gasteiger partial charge in [0.25, 0.3) is 0 Å². The molecule has 1 aromatic rings. The van der Waals surface area contributed by atoms with Crippen molar-refractivity contribution < 1.29 is 10.2 Å². The van der Waals surface area contributed by atoms with Gasteiger partial charge in [0.1, 0.15) is 12.1 Å². The van der Waals surface area contributed by atoms with Crippen molar-refractivity contribution in [3.8, 4) is 23.6 Å². The predicted molar refractivity (Wildman–Crippen MR) is 52.5 cm³/mol. The van der Waals surface area contributed by atoms with Gasteiger partial charge in [-0.2, -0.15) is 10.5 Å². The Morgan fingerprint density at radius 1 is 1.00 bits per heavy atom. The number of aromatic hydroxyl groups is 2. The molecule has 0 saturated heterocycles. The van der Waals surface area contributed by atoms with Gasteiger partial charge in [-0.3, -0.25) is 0 Å². The summed E-state index contributed by atoms with van der Waals surface area (Å²) in [6, 6.07) is 3.32. The van der Waals surface area contributed by atoms with Gasteiger partial charge < -0.3 is 14.8 Å². The molecule has 14 heavy (non-hydrogen) atoms. The Morgan fingerprint density at radius 3 is 1.43 bits per heavy atom. The fourth-order valence-corrected chi connectivity index (χ4v) is 0.910. The number of rotatable bonds is 0. The molecule has 1 aromatic heterocycles. The Bertz CT molecular complexity index is 377. The van der Waals surface area contributed by atoms with Gasteiger partial charge >= 0.3 is 59.1 Å². The molecule has 0 aromatic carbocycles. The van der Waals surface area contributed by atoms with Crippen molar-refractivity contribution in [1.82, 2.24) is 4.57 Å². The summed E-state index contributed by atoms with van der Waals surface area (Å²) in [6.45, 7) is 0. The molecule has 0 bridgehead atoms. The number of nitrogens with zero attached hydrogens (tertiary/aromatic N) is 3. The summed E-state index contributed by atoms with van der Waals surface area (Å²) in [4.78, 5) is 0. The van der Waals surface area contributed by atoms with Crippen molar-refractivity contribution in [3.63, 3.8) is 0 Å². The van der Waals surface area contributed by atoms with Crippen LogP contribution in [0.1, 0.15) is 11.4 Å². The van der Waals surface area contributed by atoms with Crippen LogP contribution in [-0.2, 0) is 7.05 Å². The Labute approximate surface area is 125 Å². The quantitative estimate of drug-likeness (QED) is 0.532. The second kappa shape index (κ2) is 6.36. The van der Waals surface area contributed by atoms with Crippen molar-refractivity contribution in [2.24, 2.45) is 7.05 Å². The van der Waals surface area contributed by atoms with Crippen LogP contribution >= 0.6 is 0 Å². The van der Waals surface area contributed by atoms with Gasteiger partial charge in [-0.05, 0) is 0 Å². The third-order valence-corrected chi connectivity index (χ3v) is 1.56. The average molecular weight is 211 g/mol. The van der Waals surface area contributed by atoms with Gasteiger partial charge in [-0.15, -0.1) is 0 Å².